The third-order valence-corrected chi connectivity index (χ3v) is 1.96. The minimum atomic E-state index is -4.64. The van der Waals surface area contributed by atoms with Crippen LogP contribution >= 0.6 is 0 Å². The number of hydrogen-bond donors (Lipinski definition) is 0. The van der Waals surface area contributed by atoms with Crippen LogP contribution in [-0.4, -0.2) is 53.2 Å². The van der Waals surface area contributed by atoms with E-state index in [1.165, 1.54) is 0 Å². The van der Waals surface area contributed by atoms with E-state index in [4.69, 9.17) is 0 Å². The van der Waals surface area contributed by atoms with Gasteiger partial charge < -0.3 is 9.47 Å². The molecule has 0 saturated heterocycles. The number of rotatable bonds is 7. The molecule has 6 nitrogen and oxygen atoms in total. The molecule has 0 unspecified atom stereocenters. The van der Waals surface area contributed by atoms with Gasteiger partial charge in [0.2, 0.25) is 0 Å². The van der Waals surface area contributed by atoms with Gasteiger partial charge in [-0.3, -0.25) is 4.79 Å². The lowest BCUT2D eigenvalue weighted by molar-refractivity contribution is -0.172. The Morgan fingerprint density at radius 3 is 2.05 bits per heavy atom. The molecule has 12 heteroatoms. The zero-order valence-corrected chi connectivity index (χ0v) is 11.1. The van der Waals surface area contributed by atoms with Crippen molar-refractivity contribution in [3.8, 4) is 0 Å². The lowest BCUT2D eigenvalue weighted by Gasteiger charge is -2.07. The van der Waals surface area contributed by atoms with Gasteiger partial charge in [-0.1, -0.05) is 0 Å². The van der Waals surface area contributed by atoms with Gasteiger partial charge in [-0.15, -0.1) is 3.89 Å². The number of esters is 1. The van der Waals surface area contributed by atoms with E-state index in [1.54, 1.807) is 0 Å². The van der Waals surface area contributed by atoms with Gasteiger partial charge in [0.1, 0.15) is 18.8 Å². The minimum Gasteiger partial charge on any atom is -0.463 e. The molecular formula is C8H13F5O6S. The molecule has 0 aliphatic heterocycles. The average Bonchev–Trinajstić information content (AvgIpc) is 2.20. The van der Waals surface area contributed by atoms with E-state index in [-0.39, 0.29) is 6.61 Å². The van der Waals surface area contributed by atoms with E-state index in [0.29, 0.717) is 0 Å². The molecule has 122 valence electrons. The molecule has 20 heavy (non-hydrogen) atoms. The van der Waals surface area contributed by atoms with Crippen LogP contribution < -0.4 is 0 Å². The highest BCUT2D eigenvalue weighted by Gasteiger charge is 2.32. The van der Waals surface area contributed by atoms with Crippen molar-refractivity contribution in [1.82, 2.24) is 0 Å². The van der Waals surface area contributed by atoms with E-state index in [1.807, 2.05) is 0 Å². The van der Waals surface area contributed by atoms with Gasteiger partial charge in [0, 0.05) is 0 Å². The van der Waals surface area contributed by atoms with Crippen molar-refractivity contribution < 1.29 is 49.2 Å². The van der Waals surface area contributed by atoms with Crippen LogP contribution in [0.2, 0.25) is 0 Å². The number of hydrogen-bond acceptors (Lipinski definition) is 6. The highest BCUT2D eigenvalue weighted by Crippen LogP contribution is 2.19. The molecular weight excluding hydrogens is 319 g/mol. The molecule has 0 bridgehead atoms. The summed E-state index contributed by atoms with van der Waals surface area (Å²) in [6.45, 7) is -1.23. The molecule has 0 aliphatic rings. The predicted octanol–water partition coefficient (Wildman–Crippen LogP) is 1.32. The predicted molar refractivity (Wildman–Crippen MR) is 55.5 cm³/mol. The van der Waals surface area contributed by atoms with Crippen molar-refractivity contribution in [2.45, 2.75) is 12.6 Å². The molecule has 0 amide bonds. The summed E-state index contributed by atoms with van der Waals surface area (Å²) in [5.41, 5.74) is 0. The second-order valence-electron chi connectivity index (χ2n) is 3.02. The van der Waals surface area contributed by atoms with Gasteiger partial charge in [-0.05, 0) is 4.53 Å². The minimum absolute atomic E-state index is 0.306. The third-order valence-electron chi connectivity index (χ3n) is 1.31. The number of ether oxygens (including phenoxy) is 2. The summed E-state index contributed by atoms with van der Waals surface area (Å²) in [4.78, 5) is 13.2. The third kappa shape index (κ3) is 22.2. The van der Waals surface area contributed by atoms with E-state index in [9.17, 15) is 34.8 Å². The van der Waals surface area contributed by atoms with Gasteiger partial charge >= 0.3 is 22.4 Å². The van der Waals surface area contributed by atoms with E-state index in [2.05, 4.69) is 14.4 Å². The van der Waals surface area contributed by atoms with Crippen LogP contribution in [-0.2, 0) is 29.4 Å². The van der Waals surface area contributed by atoms with E-state index >= 15 is 0 Å². The first-order valence-corrected chi connectivity index (χ1v) is 6.44. The molecule has 0 aromatic rings. The normalized spacial score (nSPS) is 11.5. The van der Waals surface area contributed by atoms with Crippen molar-refractivity contribution in [1.29, 1.82) is 0 Å². The van der Waals surface area contributed by atoms with E-state index < -0.39 is 47.8 Å². The van der Waals surface area contributed by atoms with Gasteiger partial charge in [-0.25, -0.2) is 0 Å². The van der Waals surface area contributed by atoms with Crippen LogP contribution in [0.5, 0.6) is 0 Å². The van der Waals surface area contributed by atoms with Crippen LogP contribution in [0, 0.1) is 0 Å². The fourth-order valence-corrected chi connectivity index (χ4v) is 1.01. The van der Waals surface area contributed by atoms with Crippen LogP contribution in [0.15, 0.2) is 0 Å². The Morgan fingerprint density at radius 1 is 1.15 bits per heavy atom. The first kappa shape index (κ1) is 21.3. The van der Waals surface area contributed by atoms with Crippen molar-refractivity contribution in [2.24, 2.45) is 0 Å². The lowest BCUT2D eigenvalue weighted by Crippen LogP contribution is -2.19. The molecule has 0 spiro atoms. The van der Waals surface area contributed by atoms with Gasteiger partial charge in [0.25, 0.3) is 0 Å². The fraction of sp³-hybridized carbons (Fsp3) is 0.875. The molecule has 0 heterocycles. The van der Waals surface area contributed by atoms with Crippen LogP contribution in [0.3, 0.4) is 0 Å². The van der Waals surface area contributed by atoms with Crippen LogP contribution in [0.1, 0.15) is 6.42 Å². The second kappa shape index (κ2) is 10.7. The topological polar surface area (TPSA) is 78.9 Å². The Balaban J connectivity index is 0. The maximum absolute atomic E-state index is 11.9. The number of carbonyl (C=O) groups excluding carboxylic acids is 1. The largest absolute Gasteiger partial charge is 0.463 e. The SMILES string of the molecule is COF.O=C(CC(F)(F)F)OCCOCCS(=O)(=O)F. The average molecular weight is 332 g/mol. The Labute approximate surface area is 111 Å². The van der Waals surface area contributed by atoms with Gasteiger partial charge in [-0.2, -0.15) is 26.5 Å². The Morgan fingerprint density at radius 2 is 1.65 bits per heavy atom. The molecule has 0 atom stereocenters. The molecule has 0 aliphatic carbocycles. The summed E-state index contributed by atoms with van der Waals surface area (Å²) in [5, 5.41) is 0. The van der Waals surface area contributed by atoms with Crippen molar-refractivity contribution in [3.63, 3.8) is 0 Å². The van der Waals surface area contributed by atoms with Gasteiger partial charge in [0.05, 0.1) is 20.3 Å². The number of alkyl halides is 3. The zero-order valence-electron chi connectivity index (χ0n) is 10.3. The van der Waals surface area contributed by atoms with Gasteiger partial charge in [0.15, 0.2) is 0 Å². The fourth-order valence-electron chi connectivity index (χ4n) is 0.690. The van der Waals surface area contributed by atoms with Crippen LogP contribution in [0.4, 0.5) is 21.6 Å². The Bertz CT molecular complexity index is 355. The van der Waals surface area contributed by atoms with Crippen molar-refractivity contribution in [2.75, 3.05) is 32.7 Å². The zero-order chi connectivity index (χ0) is 16.2. The van der Waals surface area contributed by atoms with E-state index in [0.717, 1.165) is 7.11 Å². The lowest BCUT2D eigenvalue weighted by atomic mass is 10.4. The van der Waals surface area contributed by atoms with Crippen molar-refractivity contribution in [3.05, 3.63) is 0 Å². The Kier molecular flexibility index (Phi) is 11.4. The summed E-state index contributed by atoms with van der Waals surface area (Å²) < 4.78 is 85.1. The van der Waals surface area contributed by atoms with Crippen molar-refractivity contribution >= 4 is 16.2 Å². The summed E-state index contributed by atoms with van der Waals surface area (Å²) in [6.07, 6.45) is -6.34. The molecule has 0 fully saturated rings. The molecule has 0 rings (SSSR count). The standard InChI is InChI=1S/C7H10F4O5S.CH3FO/c8-7(9,10)5-6(12)16-2-1-15-3-4-17(11,13)14;1-3-2/h1-5H2;1H3. The first-order valence-electron chi connectivity index (χ1n) is 4.89. The van der Waals surface area contributed by atoms with Crippen LogP contribution in [0.25, 0.3) is 0 Å². The highest BCUT2D eigenvalue weighted by atomic mass is 32.3. The summed E-state index contributed by atoms with van der Waals surface area (Å²) in [7, 11) is -3.67. The summed E-state index contributed by atoms with van der Waals surface area (Å²) in [5.74, 6) is -2.32. The quantitative estimate of drug-likeness (QED) is 0.303. The molecule has 0 saturated carbocycles. The summed E-state index contributed by atoms with van der Waals surface area (Å²) >= 11 is 0. The molecule has 0 radical (unpaired) electrons. The number of halogens is 5. The molecule has 0 aromatic heterocycles. The monoisotopic (exact) mass is 332 g/mol. The molecule has 0 N–H and O–H groups in total. The number of carbonyl (C=O) groups is 1. The Hall–Kier alpha value is -1.01. The molecule has 0 aromatic carbocycles. The summed E-state index contributed by atoms with van der Waals surface area (Å²) in [6, 6.07) is 0. The highest BCUT2D eigenvalue weighted by molar-refractivity contribution is 7.86. The maximum Gasteiger partial charge on any atom is 0.399 e. The second-order valence-corrected chi connectivity index (χ2v) is 4.51. The smallest absolute Gasteiger partial charge is 0.399 e. The first-order chi connectivity index (χ1) is 9.02. The maximum atomic E-state index is 11.9.